The fourth-order valence-corrected chi connectivity index (χ4v) is 3.71. The zero-order chi connectivity index (χ0) is 15.4. The van der Waals surface area contributed by atoms with E-state index in [1.165, 1.54) is 25.0 Å². The molecule has 2 saturated heterocycles. The Morgan fingerprint density at radius 3 is 2.77 bits per heavy atom. The van der Waals surface area contributed by atoms with Gasteiger partial charge in [-0.05, 0) is 43.0 Å². The van der Waals surface area contributed by atoms with E-state index >= 15 is 0 Å². The van der Waals surface area contributed by atoms with Crippen LogP contribution in [0.5, 0.6) is 0 Å². The van der Waals surface area contributed by atoms with E-state index in [1.807, 2.05) is 6.07 Å². The first-order valence-electron chi connectivity index (χ1n) is 8.17. The van der Waals surface area contributed by atoms with Crippen LogP contribution in [-0.2, 0) is 11.3 Å². The van der Waals surface area contributed by atoms with Crippen molar-refractivity contribution in [2.24, 2.45) is 5.92 Å². The van der Waals surface area contributed by atoms with Crippen LogP contribution in [0.1, 0.15) is 18.4 Å². The molecule has 1 atom stereocenters. The quantitative estimate of drug-likeness (QED) is 0.846. The first kappa shape index (κ1) is 16.2. The Balaban J connectivity index is 1.53. The molecule has 0 bridgehead atoms. The highest BCUT2D eigenvalue weighted by Gasteiger charge is 2.23. The lowest BCUT2D eigenvalue weighted by Crippen LogP contribution is -2.44. The first-order valence-corrected chi connectivity index (χ1v) is 8.55. The van der Waals surface area contributed by atoms with Crippen molar-refractivity contribution in [1.82, 2.24) is 9.80 Å². The van der Waals surface area contributed by atoms with Crippen LogP contribution in [0.3, 0.4) is 0 Å². The van der Waals surface area contributed by atoms with Gasteiger partial charge in [0.25, 0.3) is 0 Å². The van der Waals surface area contributed by atoms with Gasteiger partial charge in [0.2, 0.25) is 0 Å². The van der Waals surface area contributed by atoms with Gasteiger partial charge in [-0.15, -0.1) is 0 Å². The third-order valence-corrected chi connectivity index (χ3v) is 4.98. The predicted molar refractivity (Wildman–Crippen MR) is 86.7 cm³/mol. The van der Waals surface area contributed by atoms with Gasteiger partial charge in [0.05, 0.1) is 13.2 Å². The third-order valence-electron chi connectivity index (χ3n) is 4.63. The molecular weight excluding hydrogens is 303 g/mol. The third kappa shape index (κ3) is 4.42. The number of likely N-dealkylation sites (tertiary alicyclic amines) is 1. The van der Waals surface area contributed by atoms with E-state index < -0.39 is 0 Å². The normalized spacial score (nSPS) is 24.5. The Morgan fingerprint density at radius 2 is 2.00 bits per heavy atom. The van der Waals surface area contributed by atoms with Crippen molar-refractivity contribution < 1.29 is 9.13 Å². The second-order valence-corrected chi connectivity index (χ2v) is 6.80. The second-order valence-electron chi connectivity index (χ2n) is 6.39. The Bertz CT molecular complexity index is 494. The average molecular weight is 327 g/mol. The molecule has 0 saturated carbocycles. The molecule has 0 spiro atoms. The van der Waals surface area contributed by atoms with E-state index in [1.54, 1.807) is 0 Å². The van der Waals surface area contributed by atoms with Gasteiger partial charge in [-0.1, -0.05) is 17.7 Å². The van der Waals surface area contributed by atoms with Crippen molar-refractivity contribution in [3.8, 4) is 0 Å². The van der Waals surface area contributed by atoms with Crippen molar-refractivity contribution in [2.75, 3.05) is 45.9 Å². The summed E-state index contributed by atoms with van der Waals surface area (Å²) in [7, 11) is 0. The number of halogens is 2. The summed E-state index contributed by atoms with van der Waals surface area (Å²) in [5.74, 6) is 0.448. The van der Waals surface area contributed by atoms with Crippen LogP contribution in [-0.4, -0.2) is 55.7 Å². The molecule has 3 nitrogen and oxygen atoms in total. The SMILES string of the molecule is Fc1ccc(CN2CCC[C@@H](CN3CCOCC3)C2)c(Cl)c1. The Kier molecular flexibility index (Phi) is 5.69. The molecule has 2 aliphatic heterocycles. The molecule has 1 aromatic rings. The molecule has 0 radical (unpaired) electrons. The van der Waals surface area contributed by atoms with Crippen molar-refractivity contribution in [1.29, 1.82) is 0 Å². The summed E-state index contributed by atoms with van der Waals surface area (Å²) in [4.78, 5) is 4.97. The number of nitrogens with zero attached hydrogens (tertiary/aromatic N) is 2. The Morgan fingerprint density at radius 1 is 1.18 bits per heavy atom. The average Bonchev–Trinajstić information content (AvgIpc) is 2.52. The lowest BCUT2D eigenvalue weighted by Gasteiger charge is -2.36. The van der Waals surface area contributed by atoms with Gasteiger partial charge in [-0.25, -0.2) is 4.39 Å². The number of ether oxygens (including phenoxy) is 1. The first-order chi connectivity index (χ1) is 10.7. The highest BCUT2D eigenvalue weighted by molar-refractivity contribution is 6.31. The van der Waals surface area contributed by atoms with Gasteiger partial charge >= 0.3 is 0 Å². The summed E-state index contributed by atoms with van der Waals surface area (Å²) in [5.41, 5.74) is 1.02. The van der Waals surface area contributed by atoms with E-state index in [0.29, 0.717) is 10.9 Å². The van der Waals surface area contributed by atoms with Crippen LogP contribution in [0.2, 0.25) is 5.02 Å². The summed E-state index contributed by atoms with van der Waals surface area (Å²) in [6.07, 6.45) is 2.53. The summed E-state index contributed by atoms with van der Waals surface area (Å²) in [6.45, 7) is 8.03. The highest BCUT2D eigenvalue weighted by atomic mass is 35.5. The zero-order valence-electron chi connectivity index (χ0n) is 12.9. The fourth-order valence-electron chi connectivity index (χ4n) is 3.48. The zero-order valence-corrected chi connectivity index (χ0v) is 13.7. The van der Waals surface area contributed by atoms with E-state index in [9.17, 15) is 4.39 Å². The molecule has 122 valence electrons. The minimum absolute atomic E-state index is 0.266. The van der Waals surface area contributed by atoms with Crippen LogP contribution in [0.4, 0.5) is 4.39 Å². The molecule has 2 fully saturated rings. The molecule has 0 aliphatic carbocycles. The number of rotatable bonds is 4. The van der Waals surface area contributed by atoms with Gasteiger partial charge in [0.15, 0.2) is 0 Å². The van der Waals surface area contributed by atoms with Gasteiger partial charge in [-0.3, -0.25) is 9.80 Å². The summed E-state index contributed by atoms with van der Waals surface area (Å²) in [6, 6.07) is 4.71. The van der Waals surface area contributed by atoms with Gasteiger partial charge in [0, 0.05) is 37.7 Å². The van der Waals surface area contributed by atoms with Crippen LogP contribution in [0, 0.1) is 11.7 Å². The Hall–Kier alpha value is -0.680. The standard InChI is InChI=1S/C17H24ClFN2O/c18-17-10-16(19)4-3-15(17)13-21-5-1-2-14(12-21)11-20-6-8-22-9-7-20/h3-4,10,14H,1-2,5-9,11-13H2/t14-/m0/s1. The maximum Gasteiger partial charge on any atom is 0.124 e. The maximum atomic E-state index is 13.1. The summed E-state index contributed by atoms with van der Waals surface area (Å²) >= 11 is 6.15. The van der Waals surface area contributed by atoms with Crippen LogP contribution < -0.4 is 0 Å². The van der Waals surface area contributed by atoms with Crippen LogP contribution >= 0.6 is 11.6 Å². The molecular formula is C17H24ClFN2O. The lowest BCUT2D eigenvalue weighted by molar-refractivity contribution is 0.0224. The van der Waals surface area contributed by atoms with Crippen molar-refractivity contribution in [2.45, 2.75) is 19.4 Å². The van der Waals surface area contributed by atoms with Gasteiger partial charge in [0.1, 0.15) is 5.82 Å². The summed E-state index contributed by atoms with van der Waals surface area (Å²) in [5, 5.41) is 0.537. The number of benzene rings is 1. The monoisotopic (exact) mass is 326 g/mol. The predicted octanol–water partition coefficient (Wildman–Crippen LogP) is 3.02. The number of hydrogen-bond donors (Lipinski definition) is 0. The highest BCUT2D eigenvalue weighted by Crippen LogP contribution is 2.23. The topological polar surface area (TPSA) is 15.7 Å². The fraction of sp³-hybridized carbons (Fsp3) is 0.647. The molecule has 2 aliphatic rings. The largest absolute Gasteiger partial charge is 0.379 e. The van der Waals surface area contributed by atoms with E-state index in [4.69, 9.17) is 16.3 Å². The second kappa shape index (κ2) is 7.73. The molecule has 2 heterocycles. The van der Waals surface area contributed by atoms with Gasteiger partial charge < -0.3 is 4.74 Å². The maximum absolute atomic E-state index is 13.1. The molecule has 3 rings (SSSR count). The molecule has 0 amide bonds. The number of morpholine rings is 1. The van der Waals surface area contributed by atoms with E-state index in [-0.39, 0.29) is 5.82 Å². The number of piperidine rings is 1. The van der Waals surface area contributed by atoms with Crippen molar-refractivity contribution in [3.05, 3.63) is 34.6 Å². The number of hydrogen-bond acceptors (Lipinski definition) is 3. The summed E-state index contributed by atoms with van der Waals surface area (Å²) < 4.78 is 18.5. The molecule has 0 N–H and O–H groups in total. The van der Waals surface area contributed by atoms with E-state index in [2.05, 4.69) is 9.80 Å². The minimum atomic E-state index is -0.266. The minimum Gasteiger partial charge on any atom is -0.379 e. The van der Waals surface area contributed by atoms with Crippen molar-refractivity contribution >= 4 is 11.6 Å². The Labute approximate surface area is 137 Å². The molecule has 5 heteroatoms. The van der Waals surface area contributed by atoms with Crippen LogP contribution in [0.25, 0.3) is 0 Å². The van der Waals surface area contributed by atoms with Gasteiger partial charge in [-0.2, -0.15) is 0 Å². The molecule has 22 heavy (non-hydrogen) atoms. The smallest absolute Gasteiger partial charge is 0.124 e. The molecule has 0 aromatic heterocycles. The van der Waals surface area contributed by atoms with E-state index in [0.717, 1.165) is 58.0 Å². The lowest BCUT2D eigenvalue weighted by atomic mass is 9.96. The molecule has 1 aromatic carbocycles. The molecule has 0 unspecified atom stereocenters. The van der Waals surface area contributed by atoms with Crippen LogP contribution in [0.15, 0.2) is 18.2 Å². The van der Waals surface area contributed by atoms with Crippen molar-refractivity contribution in [3.63, 3.8) is 0 Å².